The van der Waals surface area contributed by atoms with Crippen molar-refractivity contribution >= 4 is 47.5 Å². The molecule has 4 aromatic carbocycles. The molecule has 1 saturated heterocycles. The van der Waals surface area contributed by atoms with Crippen molar-refractivity contribution < 1.29 is 77.7 Å². The topological polar surface area (TPSA) is 339 Å². The highest BCUT2D eigenvalue weighted by molar-refractivity contribution is 5.94. The van der Waals surface area contributed by atoms with Crippen LogP contribution in [0.2, 0.25) is 0 Å². The first-order chi connectivity index (χ1) is 36.2. The highest BCUT2D eigenvalue weighted by Gasteiger charge is 2.43. The predicted octanol–water partition coefficient (Wildman–Crippen LogP) is -1.46. The zero-order valence-corrected chi connectivity index (χ0v) is 40.7. The first-order valence-electron chi connectivity index (χ1n) is 24.1. The molecule has 0 saturated carbocycles. The number of amides is 7. The van der Waals surface area contributed by atoms with Crippen LogP contribution >= 0.6 is 0 Å². The van der Waals surface area contributed by atoms with Crippen molar-refractivity contribution in [3.05, 3.63) is 131 Å². The van der Waals surface area contributed by atoms with E-state index in [1.807, 2.05) is 54.6 Å². The zero-order valence-electron chi connectivity index (χ0n) is 40.7. The maximum absolute atomic E-state index is 13.6. The molecule has 11 N–H and O–H groups in total. The fourth-order valence-electron chi connectivity index (χ4n) is 8.21. The van der Waals surface area contributed by atoms with Gasteiger partial charge in [0.25, 0.3) is 0 Å². The Morgan fingerprint density at radius 1 is 0.560 bits per heavy atom. The van der Waals surface area contributed by atoms with Crippen LogP contribution in [0.15, 0.2) is 109 Å². The molecule has 0 radical (unpaired) electrons. The van der Waals surface area contributed by atoms with Crippen LogP contribution in [0.5, 0.6) is 0 Å². The van der Waals surface area contributed by atoms with Crippen LogP contribution in [-0.4, -0.2) is 163 Å². The number of ether oxygens (including phenoxy) is 4. The van der Waals surface area contributed by atoms with Crippen LogP contribution in [0, 0.1) is 0 Å². The van der Waals surface area contributed by atoms with Crippen molar-refractivity contribution in [2.24, 2.45) is 0 Å². The van der Waals surface area contributed by atoms with Crippen LogP contribution in [-0.2, 0) is 65.5 Å². The molecule has 400 valence electrons. The van der Waals surface area contributed by atoms with Gasteiger partial charge in [0.2, 0.25) is 35.4 Å². The van der Waals surface area contributed by atoms with Gasteiger partial charge in [-0.05, 0) is 39.8 Å². The van der Waals surface area contributed by atoms with Gasteiger partial charge in [-0.2, -0.15) is 0 Å². The number of hydrogen-bond donors (Lipinski definition) is 11. The number of rotatable bonds is 26. The molecule has 1 aliphatic carbocycles. The van der Waals surface area contributed by atoms with Gasteiger partial charge in [0.15, 0.2) is 0 Å². The predicted molar refractivity (Wildman–Crippen MR) is 264 cm³/mol. The van der Waals surface area contributed by atoms with E-state index in [4.69, 9.17) is 18.9 Å². The molecule has 2 aliphatic rings. The highest BCUT2D eigenvalue weighted by atomic mass is 16.6. The summed E-state index contributed by atoms with van der Waals surface area (Å²) in [5.74, 6) is -5.58. The SMILES string of the molecule is O=C(CC[C@H](NC(=O)OCC1c2ccccc2-c2ccccc21)C(=O)NCC(=O)NCC(=O)N[C@@H](Cc1ccccc1)C(=O)NCC(=O)NCOCC(=O)OCc1ccccc1)NC[C@@H]1O[C@H](CO)[C@@H](O)[C@H](O)[C@H]1O. The molecule has 23 nitrogen and oxygen atoms in total. The van der Waals surface area contributed by atoms with Crippen molar-refractivity contribution in [1.82, 2.24) is 37.2 Å². The number of fused-ring (bicyclic) bond motifs is 3. The number of hydrogen-bond acceptors (Lipinski definition) is 16. The van der Waals surface area contributed by atoms with Gasteiger partial charge in [-0.1, -0.05) is 109 Å². The summed E-state index contributed by atoms with van der Waals surface area (Å²) in [6.45, 7) is -3.72. The Bertz CT molecular complexity index is 2540. The maximum atomic E-state index is 13.6. The number of carbonyl (C=O) groups excluding carboxylic acids is 8. The third-order valence-corrected chi connectivity index (χ3v) is 12.2. The Morgan fingerprint density at radius 2 is 1.12 bits per heavy atom. The first-order valence-corrected chi connectivity index (χ1v) is 24.1. The standard InChI is InChI=1S/C52H61N7O16/c60-26-41-48(67)49(68)47(66)40(75-41)22-53-42(61)20-19-38(59-52(71)74-28-37-35-17-9-7-15-33(35)34-16-8-10-18-36(34)37)50(69)55-23-43(62)54-25-45(64)58-39(21-31-11-3-1-4-12-31)51(70)56-24-44(63)57-30-72-29-46(65)73-27-32-13-5-2-6-14-32/h1-18,37-41,47-49,60,66-68H,19-30H2,(H,53,61)(H,54,62)(H,55,69)(H,56,70)(H,57,63)(H,58,64)(H,59,71)/t38-,39-,40-,41+,47-,48+,49+/m0/s1. The second kappa shape index (κ2) is 28.6. The third-order valence-electron chi connectivity index (χ3n) is 12.2. The van der Waals surface area contributed by atoms with Crippen molar-refractivity contribution in [2.75, 3.05) is 52.7 Å². The van der Waals surface area contributed by atoms with Crippen molar-refractivity contribution in [3.63, 3.8) is 0 Å². The second-order valence-corrected chi connectivity index (χ2v) is 17.5. The molecule has 1 fully saturated rings. The lowest BCUT2D eigenvalue weighted by Gasteiger charge is -2.40. The fraction of sp³-hybridized carbons (Fsp3) is 0.385. The molecular weight excluding hydrogens is 979 g/mol. The molecule has 1 aliphatic heterocycles. The van der Waals surface area contributed by atoms with Crippen LogP contribution in [0.4, 0.5) is 4.79 Å². The summed E-state index contributed by atoms with van der Waals surface area (Å²) in [5, 5.41) is 57.2. The van der Waals surface area contributed by atoms with Crippen molar-refractivity contribution in [3.8, 4) is 11.1 Å². The minimum Gasteiger partial charge on any atom is -0.459 e. The molecule has 6 rings (SSSR count). The minimum atomic E-state index is -1.67. The monoisotopic (exact) mass is 1040 g/mol. The Labute approximate surface area is 431 Å². The van der Waals surface area contributed by atoms with Crippen LogP contribution < -0.4 is 37.2 Å². The summed E-state index contributed by atoms with van der Waals surface area (Å²) < 4.78 is 21.3. The number of aliphatic hydroxyl groups excluding tert-OH is 4. The first kappa shape index (κ1) is 56.5. The Kier molecular flexibility index (Phi) is 21.5. The normalized spacial score (nSPS) is 18.4. The van der Waals surface area contributed by atoms with E-state index in [1.165, 1.54) is 0 Å². The van der Waals surface area contributed by atoms with E-state index < -0.39 is 129 Å². The summed E-state index contributed by atoms with van der Waals surface area (Å²) in [7, 11) is 0. The van der Waals surface area contributed by atoms with E-state index in [1.54, 1.807) is 54.6 Å². The number of alkyl carbamates (subject to hydrolysis) is 1. The van der Waals surface area contributed by atoms with Gasteiger partial charge in [0.05, 0.1) is 26.2 Å². The number of aliphatic hydroxyl groups is 4. The lowest BCUT2D eigenvalue weighted by molar-refractivity contribution is -0.227. The molecule has 0 spiro atoms. The van der Waals surface area contributed by atoms with Crippen molar-refractivity contribution in [1.29, 1.82) is 0 Å². The average molecular weight is 1040 g/mol. The molecule has 23 heteroatoms. The Morgan fingerprint density at radius 3 is 1.76 bits per heavy atom. The molecule has 1 heterocycles. The third kappa shape index (κ3) is 17.1. The summed E-state index contributed by atoms with van der Waals surface area (Å²) in [6, 6.07) is 30.3. The van der Waals surface area contributed by atoms with Gasteiger partial charge in [0, 0.05) is 25.3 Å². The number of benzene rings is 4. The lowest BCUT2D eigenvalue weighted by atomic mass is 9.95. The maximum Gasteiger partial charge on any atom is 0.407 e. The lowest BCUT2D eigenvalue weighted by Crippen LogP contribution is -2.60. The summed E-state index contributed by atoms with van der Waals surface area (Å²) >= 11 is 0. The Balaban J connectivity index is 0.978. The molecule has 7 atom stereocenters. The van der Waals surface area contributed by atoms with E-state index in [0.29, 0.717) is 5.56 Å². The molecule has 0 bridgehead atoms. The van der Waals surface area contributed by atoms with Crippen LogP contribution in [0.25, 0.3) is 11.1 Å². The van der Waals surface area contributed by atoms with Gasteiger partial charge in [-0.3, -0.25) is 28.8 Å². The van der Waals surface area contributed by atoms with E-state index >= 15 is 0 Å². The van der Waals surface area contributed by atoms with Crippen LogP contribution in [0.1, 0.15) is 41.0 Å². The molecule has 4 aromatic rings. The quantitative estimate of drug-likeness (QED) is 0.0195. The summed E-state index contributed by atoms with van der Waals surface area (Å²) in [6.07, 6.45) is -9.01. The fourth-order valence-corrected chi connectivity index (χ4v) is 8.21. The number of nitrogens with one attached hydrogen (secondary N) is 7. The average Bonchev–Trinajstić information content (AvgIpc) is 3.75. The van der Waals surface area contributed by atoms with Gasteiger partial charge >= 0.3 is 12.1 Å². The van der Waals surface area contributed by atoms with Gasteiger partial charge in [-0.25, -0.2) is 9.59 Å². The van der Waals surface area contributed by atoms with E-state index in [9.17, 15) is 58.8 Å². The second-order valence-electron chi connectivity index (χ2n) is 17.5. The summed E-state index contributed by atoms with van der Waals surface area (Å²) in [5.41, 5.74) is 5.30. The minimum absolute atomic E-state index is 0.00206. The van der Waals surface area contributed by atoms with Gasteiger partial charge in [0.1, 0.15) is 69.2 Å². The molecular formula is C52H61N7O16. The van der Waals surface area contributed by atoms with E-state index in [2.05, 4.69) is 37.2 Å². The van der Waals surface area contributed by atoms with Crippen LogP contribution in [0.3, 0.4) is 0 Å². The molecule has 0 unspecified atom stereocenters. The Hall–Kier alpha value is -7.80. The van der Waals surface area contributed by atoms with E-state index in [0.717, 1.165) is 27.8 Å². The molecule has 0 aromatic heterocycles. The van der Waals surface area contributed by atoms with E-state index in [-0.39, 0.29) is 45.2 Å². The van der Waals surface area contributed by atoms with Gasteiger partial charge in [-0.15, -0.1) is 0 Å². The highest BCUT2D eigenvalue weighted by Crippen LogP contribution is 2.44. The molecule has 75 heavy (non-hydrogen) atoms. The largest absolute Gasteiger partial charge is 0.459 e. The van der Waals surface area contributed by atoms with Crippen molar-refractivity contribution in [2.45, 2.75) is 74.4 Å². The van der Waals surface area contributed by atoms with Gasteiger partial charge < -0.3 is 76.6 Å². The smallest absolute Gasteiger partial charge is 0.407 e. The molecule has 7 amide bonds. The number of carbonyl (C=O) groups is 8. The number of esters is 1. The zero-order chi connectivity index (χ0) is 53.7. The summed E-state index contributed by atoms with van der Waals surface area (Å²) in [4.78, 5) is 104.